The first-order chi connectivity index (χ1) is 17.6. The van der Waals surface area contributed by atoms with E-state index in [0.29, 0.717) is 6.04 Å². The van der Waals surface area contributed by atoms with Crippen molar-refractivity contribution in [1.29, 1.82) is 0 Å². The molecule has 3 aromatic carbocycles. The SMILES string of the molecule is COc1cccc(CC[C@H]2CN(C3=Nc4ccc(F)cc4SC4=C3c3ccccc3C4)CCN2C)c1. The van der Waals surface area contributed by atoms with Crippen LogP contribution in [0, 0.1) is 5.82 Å². The minimum absolute atomic E-state index is 0.213. The van der Waals surface area contributed by atoms with Crippen LogP contribution < -0.4 is 4.74 Å². The molecule has 0 bridgehead atoms. The Balaban J connectivity index is 1.32. The maximum atomic E-state index is 14.2. The number of methoxy groups -OCH3 is 1. The minimum atomic E-state index is -0.213. The zero-order valence-corrected chi connectivity index (χ0v) is 21.5. The quantitative estimate of drug-likeness (QED) is 0.428. The van der Waals surface area contributed by atoms with Gasteiger partial charge in [0.05, 0.1) is 12.8 Å². The van der Waals surface area contributed by atoms with Crippen LogP contribution in [0.25, 0.3) is 5.57 Å². The Hall–Kier alpha value is -3.09. The lowest BCUT2D eigenvalue weighted by Gasteiger charge is -2.41. The molecule has 1 atom stereocenters. The number of thioether (sulfide) groups is 1. The van der Waals surface area contributed by atoms with E-state index in [9.17, 15) is 4.39 Å². The molecule has 2 aliphatic heterocycles. The van der Waals surface area contributed by atoms with Crippen LogP contribution in [0.4, 0.5) is 10.1 Å². The first kappa shape index (κ1) is 23.3. The third-order valence-electron chi connectivity index (χ3n) is 7.50. The van der Waals surface area contributed by atoms with Crippen LogP contribution in [0.2, 0.25) is 0 Å². The Bertz CT molecular complexity index is 1370. The van der Waals surface area contributed by atoms with Crippen LogP contribution in [0.1, 0.15) is 23.1 Å². The van der Waals surface area contributed by atoms with E-state index in [1.165, 1.54) is 33.2 Å². The highest BCUT2D eigenvalue weighted by molar-refractivity contribution is 8.03. The average molecular weight is 500 g/mol. The van der Waals surface area contributed by atoms with E-state index in [4.69, 9.17) is 9.73 Å². The first-order valence-corrected chi connectivity index (χ1v) is 13.4. The summed E-state index contributed by atoms with van der Waals surface area (Å²) >= 11 is 1.68. The number of piperazine rings is 1. The molecule has 0 unspecified atom stereocenters. The van der Waals surface area contributed by atoms with Crippen LogP contribution in [0.5, 0.6) is 5.75 Å². The number of benzene rings is 3. The van der Waals surface area contributed by atoms with Crippen molar-refractivity contribution in [2.45, 2.75) is 30.2 Å². The Morgan fingerprint density at radius 3 is 2.83 bits per heavy atom. The number of likely N-dealkylation sites (N-methyl/N-ethyl adjacent to an activating group) is 1. The van der Waals surface area contributed by atoms with Crippen LogP contribution in [-0.4, -0.2) is 55.5 Å². The van der Waals surface area contributed by atoms with E-state index in [1.54, 1.807) is 24.9 Å². The number of ether oxygens (including phenoxy) is 1. The molecule has 1 aliphatic carbocycles. The summed E-state index contributed by atoms with van der Waals surface area (Å²) in [5.74, 6) is 1.73. The number of allylic oxidation sites excluding steroid dienone is 1. The standard InChI is InChI=1S/C30H30FN3OS/c1-33-14-15-34(19-23(33)12-10-20-6-5-8-24(16-20)35-2)30-29-25-9-4-3-7-21(25)17-28(29)36-27-18-22(31)11-13-26(27)32-30/h3-9,11,13,16,18,23H,10,12,14-15,17,19H2,1-2H3/t23-/m0/s1. The van der Waals surface area contributed by atoms with Gasteiger partial charge in [0.2, 0.25) is 0 Å². The second kappa shape index (κ2) is 9.75. The van der Waals surface area contributed by atoms with Gasteiger partial charge in [-0.25, -0.2) is 9.38 Å². The third-order valence-corrected chi connectivity index (χ3v) is 8.64. The van der Waals surface area contributed by atoms with Gasteiger partial charge in [0.15, 0.2) is 0 Å². The molecule has 6 heteroatoms. The number of fused-ring (bicyclic) bond motifs is 3. The van der Waals surface area contributed by atoms with E-state index in [-0.39, 0.29) is 5.82 Å². The summed E-state index contributed by atoms with van der Waals surface area (Å²) in [5.41, 5.74) is 5.97. The van der Waals surface area contributed by atoms with Gasteiger partial charge in [-0.1, -0.05) is 48.2 Å². The monoisotopic (exact) mass is 499 g/mol. The van der Waals surface area contributed by atoms with E-state index in [0.717, 1.165) is 61.1 Å². The third kappa shape index (κ3) is 4.44. The summed E-state index contributed by atoms with van der Waals surface area (Å²) in [5, 5.41) is 0. The van der Waals surface area contributed by atoms with Gasteiger partial charge in [0, 0.05) is 47.5 Å². The van der Waals surface area contributed by atoms with E-state index >= 15 is 0 Å². The number of hydrogen-bond donors (Lipinski definition) is 0. The maximum Gasteiger partial charge on any atom is 0.138 e. The Morgan fingerprint density at radius 1 is 1.06 bits per heavy atom. The lowest BCUT2D eigenvalue weighted by Crippen LogP contribution is -2.53. The zero-order valence-electron chi connectivity index (χ0n) is 20.7. The number of amidine groups is 1. The van der Waals surface area contributed by atoms with Crippen molar-refractivity contribution >= 4 is 28.9 Å². The number of rotatable bonds is 4. The highest BCUT2D eigenvalue weighted by atomic mass is 32.2. The Labute approximate surface area is 216 Å². The van der Waals surface area contributed by atoms with Crippen molar-refractivity contribution < 1.29 is 9.13 Å². The number of aryl methyl sites for hydroxylation is 1. The van der Waals surface area contributed by atoms with Crippen molar-refractivity contribution in [3.63, 3.8) is 0 Å². The lowest BCUT2D eigenvalue weighted by molar-refractivity contribution is 0.135. The van der Waals surface area contributed by atoms with Crippen LogP contribution >= 0.6 is 11.8 Å². The van der Waals surface area contributed by atoms with Gasteiger partial charge in [-0.05, 0) is 66.9 Å². The van der Waals surface area contributed by atoms with Crippen LogP contribution in [-0.2, 0) is 12.8 Å². The molecule has 1 fully saturated rings. The van der Waals surface area contributed by atoms with E-state index in [2.05, 4.69) is 59.3 Å². The lowest BCUT2D eigenvalue weighted by atomic mass is 10.00. The topological polar surface area (TPSA) is 28.1 Å². The molecular weight excluding hydrogens is 469 g/mol. The van der Waals surface area contributed by atoms with Crippen molar-refractivity contribution in [1.82, 2.24) is 9.80 Å². The molecule has 0 aromatic heterocycles. The highest BCUT2D eigenvalue weighted by Gasteiger charge is 2.34. The summed E-state index contributed by atoms with van der Waals surface area (Å²) in [6, 6.07) is 22.4. The number of nitrogens with zero attached hydrogens (tertiary/aromatic N) is 3. The number of hydrogen-bond acceptors (Lipinski definition) is 5. The number of aliphatic imine (C=N–C) groups is 1. The second-order valence-corrected chi connectivity index (χ2v) is 10.9. The molecule has 0 spiro atoms. The largest absolute Gasteiger partial charge is 0.497 e. The molecular formula is C30H30FN3OS. The van der Waals surface area contributed by atoms with Gasteiger partial charge >= 0.3 is 0 Å². The summed E-state index contributed by atoms with van der Waals surface area (Å²) in [6.07, 6.45) is 2.94. The van der Waals surface area contributed by atoms with Crippen LogP contribution in [0.15, 0.2) is 81.5 Å². The molecule has 3 aliphatic rings. The predicted molar refractivity (Wildman–Crippen MR) is 146 cm³/mol. The zero-order chi connectivity index (χ0) is 24.6. The predicted octanol–water partition coefficient (Wildman–Crippen LogP) is 6.19. The van der Waals surface area contributed by atoms with Gasteiger partial charge in [-0.3, -0.25) is 4.90 Å². The van der Waals surface area contributed by atoms with Crippen molar-refractivity contribution in [3.8, 4) is 5.75 Å². The van der Waals surface area contributed by atoms with Gasteiger partial charge in [0.25, 0.3) is 0 Å². The van der Waals surface area contributed by atoms with Gasteiger partial charge in [-0.15, -0.1) is 0 Å². The van der Waals surface area contributed by atoms with Gasteiger partial charge in [0.1, 0.15) is 17.4 Å². The normalized spacial score (nSPS) is 19.4. The summed E-state index contributed by atoms with van der Waals surface area (Å²) in [7, 11) is 3.94. The van der Waals surface area contributed by atoms with Crippen LogP contribution in [0.3, 0.4) is 0 Å². The minimum Gasteiger partial charge on any atom is -0.497 e. The molecule has 0 N–H and O–H groups in total. The molecule has 3 aromatic rings. The van der Waals surface area contributed by atoms with Crippen molar-refractivity contribution in [2.24, 2.45) is 4.99 Å². The maximum absolute atomic E-state index is 14.2. The molecule has 6 rings (SSSR count). The summed E-state index contributed by atoms with van der Waals surface area (Å²) < 4.78 is 19.6. The second-order valence-electron chi connectivity index (χ2n) is 9.75. The average Bonchev–Trinajstić information content (AvgIpc) is 3.17. The first-order valence-electron chi connectivity index (χ1n) is 12.5. The van der Waals surface area contributed by atoms with Gasteiger partial charge < -0.3 is 9.64 Å². The fourth-order valence-electron chi connectivity index (χ4n) is 5.47. The fraction of sp³-hybridized carbons (Fsp3) is 0.300. The molecule has 1 saturated heterocycles. The van der Waals surface area contributed by atoms with E-state index < -0.39 is 0 Å². The molecule has 0 radical (unpaired) electrons. The molecule has 36 heavy (non-hydrogen) atoms. The number of halogens is 1. The highest BCUT2D eigenvalue weighted by Crippen LogP contribution is 2.48. The molecule has 4 nitrogen and oxygen atoms in total. The molecule has 0 saturated carbocycles. The molecule has 184 valence electrons. The fourth-order valence-corrected chi connectivity index (χ4v) is 6.65. The summed E-state index contributed by atoms with van der Waals surface area (Å²) in [6.45, 7) is 2.82. The Kier molecular flexibility index (Phi) is 6.32. The molecule has 0 amide bonds. The van der Waals surface area contributed by atoms with E-state index in [1.807, 2.05) is 12.1 Å². The van der Waals surface area contributed by atoms with Crippen molar-refractivity contribution in [3.05, 3.63) is 94.1 Å². The van der Waals surface area contributed by atoms with Gasteiger partial charge in [-0.2, -0.15) is 0 Å². The van der Waals surface area contributed by atoms with Crippen molar-refractivity contribution in [2.75, 3.05) is 33.8 Å². The Morgan fingerprint density at radius 2 is 1.94 bits per heavy atom. The molecule has 2 heterocycles. The summed E-state index contributed by atoms with van der Waals surface area (Å²) in [4.78, 5) is 12.3. The smallest absolute Gasteiger partial charge is 0.138 e.